The zero-order valence-electron chi connectivity index (χ0n) is 69.2. The van der Waals surface area contributed by atoms with Crippen molar-refractivity contribution in [2.45, 2.75) is 31.6 Å². The van der Waals surface area contributed by atoms with E-state index in [1.54, 1.807) is 0 Å². The number of benzene rings is 16. The number of aromatic nitrogens is 7. The summed E-state index contributed by atoms with van der Waals surface area (Å²) in [6.45, 7) is 6.29. The Morgan fingerprint density at radius 1 is 0.184 bits per heavy atom. The molecule has 20 aromatic rings. The summed E-state index contributed by atoms with van der Waals surface area (Å²) in [5, 5.41) is 0. The van der Waals surface area contributed by atoms with Crippen LogP contribution in [0.2, 0.25) is 0 Å². The van der Waals surface area contributed by atoms with E-state index < -0.39 is 10.8 Å². The quantitative estimate of drug-likeness (QED) is 0.0897. The fraction of sp³-hybridized carbons (Fsp3) is 0.0424. The average molecular weight is 1600 g/mol. The second-order valence-electron chi connectivity index (χ2n) is 32.7. The van der Waals surface area contributed by atoms with Gasteiger partial charge in [0.05, 0.1) is 27.9 Å². The van der Waals surface area contributed by atoms with Gasteiger partial charge in [-0.3, -0.25) is 9.97 Å². The van der Waals surface area contributed by atoms with E-state index in [1.807, 2.05) is 31.6 Å². The molecule has 22 rings (SSSR count). The molecule has 0 unspecified atom stereocenters. The van der Waals surface area contributed by atoms with Gasteiger partial charge >= 0.3 is 0 Å². The second-order valence-corrected chi connectivity index (χ2v) is 32.7. The van der Waals surface area contributed by atoms with Crippen LogP contribution in [-0.4, -0.2) is 34.9 Å². The largest absolute Gasteiger partial charge is 0.264 e. The van der Waals surface area contributed by atoms with Crippen LogP contribution in [0.15, 0.2) is 437 Å². The van der Waals surface area contributed by atoms with Crippen molar-refractivity contribution in [2.24, 2.45) is 0 Å². The first-order chi connectivity index (χ1) is 61.7. The maximum Gasteiger partial charge on any atom is 0.164 e. The molecular formula is C118H81N7. The van der Waals surface area contributed by atoms with Gasteiger partial charge in [0.25, 0.3) is 0 Å². The molecule has 7 nitrogen and oxygen atoms in total. The topological polar surface area (TPSA) is 90.2 Å². The first kappa shape index (κ1) is 75.1. The molecule has 0 fully saturated rings. The van der Waals surface area contributed by atoms with Crippen molar-refractivity contribution in [3.63, 3.8) is 0 Å². The van der Waals surface area contributed by atoms with E-state index in [1.165, 1.54) is 55.6 Å². The zero-order chi connectivity index (χ0) is 83.5. The Labute approximate surface area is 728 Å². The van der Waals surface area contributed by atoms with Crippen LogP contribution in [-0.2, 0) is 10.8 Å². The number of rotatable bonds is 17. The highest BCUT2D eigenvalue weighted by Crippen LogP contribution is 2.59. The Morgan fingerprint density at radius 3 is 1.14 bits per heavy atom. The Bertz CT molecular complexity index is 7490. The smallest absolute Gasteiger partial charge is 0.164 e. The third-order valence-electron chi connectivity index (χ3n) is 25.5. The van der Waals surface area contributed by atoms with Crippen LogP contribution < -0.4 is 0 Å². The minimum atomic E-state index is -0.754. The van der Waals surface area contributed by atoms with Gasteiger partial charge in [-0.1, -0.05) is 352 Å². The molecule has 4 aromatic heterocycles. The molecule has 0 aliphatic heterocycles. The Balaban J connectivity index is 0.654. The minimum absolute atomic E-state index is 0.551. The molecule has 0 saturated carbocycles. The van der Waals surface area contributed by atoms with Gasteiger partial charge in [-0.25, -0.2) is 24.9 Å². The molecule has 7 heteroatoms. The normalized spacial score (nSPS) is 12.6. The van der Waals surface area contributed by atoms with E-state index in [-0.39, 0.29) is 0 Å². The van der Waals surface area contributed by atoms with Crippen molar-refractivity contribution >= 4 is 0 Å². The Morgan fingerprint density at radius 2 is 0.576 bits per heavy atom. The van der Waals surface area contributed by atoms with Gasteiger partial charge in [0.1, 0.15) is 5.82 Å². The molecule has 125 heavy (non-hydrogen) atoms. The summed E-state index contributed by atoms with van der Waals surface area (Å²) in [6.07, 6.45) is 5.84. The maximum absolute atomic E-state index is 5.75. The predicted octanol–water partition coefficient (Wildman–Crippen LogP) is 28.8. The van der Waals surface area contributed by atoms with Crippen molar-refractivity contribution in [3.05, 3.63) is 499 Å². The monoisotopic (exact) mass is 1600 g/mol. The summed E-state index contributed by atoms with van der Waals surface area (Å²) in [4.78, 5) is 36.9. The second kappa shape index (κ2) is 31.5. The molecule has 0 bridgehead atoms. The van der Waals surface area contributed by atoms with Crippen LogP contribution in [0.1, 0.15) is 61.5 Å². The van der Waals surface area contributed by atoms with E-state index in [0.29, 0.717) is 23.3 Å². The molecule has 588 valence electrons. The maximum atomic E-state index is 5.75. The Hall–Kier alpha value is -16.1. The summed E-state index contributed by atoms with van der Waals surface area (Å²) in [6, 6.07) is 152. The average Bonchev–Trinajstić information content (AvgIpc) is 1.55. The lowest BCUT2D eigenvalue weighted by atomic mass is 9.67. The van der Waals surface area contributed by atoms with Crippen LogP contribution >= 0.6 is 0 Å². The number of fused-ring (bicyclic) bond motifs is 6. The van der Waals surface area contributed by atoms with E-state index >= 15 is 0 Å². The molecule has 4 heterocycles. The predicted molar refractivity (Wildman–Crippen MR) is 510 cm³/mol. The SMILES string of the molecule is Cc1nc(-c2cccc(C3(c4ccc(-c5cccc(-c6cccc(-c7cnccc7C)c6)c5)cc4)c4ccccc4-c4ccccc43)c2)nc(-c2ccc(-c3nc(-c4cccc(C5(c6cccc(-c7cccc(-c8cnc(-c9ccccc9)cc8C)c7)c6)c6ccccc6-c6ccccc65)c4)cc(-c4ccccc4-c4ccccc4)n3)cc2-c2ccccc2)n1. The van der Waals surface area contributed by atoms with E-state index in [0.717, 1.165) is 151 Å². The third kappa shape index (κ3) is 13.3. The molecule has 0 amide bonds. The van der Waals surface area contributed by atoms with Gasteiger partial charge in [0.15, 0.2) is 17.5 Å². The van der Waals surface area contributed by atoms with Gasteiger partial charge in [-0.15, -0.1) is 0 Å². The van der Waals surface area contributed by atoms with Crippen molar-refractivity contribution < 1.29 is 0 Å². The fourth-order valence-corrected chi connectivity index (χ4v) is 19.6. The standard InChI is InChI=1S/C118H81N7/c1-76-63-64-119-74-105(76)88-40-24-37-85(67-88)84-36-23-35-83(66-84)79-57-60-93(61-58-79)117(107-53-19-15-48-98(107)99-49-16-20-54-108(99)117)96-46-28-43-91(71-96)114-121-78(3)122-116(125-114)103-62-59-92(72-104(103)81-31-9-5-10-32-81)115-123-112(73-113(124-115)102-52-14-13-47-97(102)80-29-7-4-8-30-80)90-42-27-45-95(70-90)118(109-55-21-17-50-100(109)101-51-18-22-56-110(101)118)94-44-26-39-87(69-94)86-38-25-41-89(68-86)106-75-120-111(65-77(106)2)82-33-11-6-12-34-82/h4-75H,1-3H3. The van der Waals surface area contributed by atoms with Crippen LogP contribution in [0.4, 0.5) is 0 Å². The van der Waals surface area contributed by atoms with Crippen LogP contribution in [0.3, 0.4) is 0 Å². The molecule has 0 atom stereocenters. The molecule has 2 aliphatic carbocycles. The van der Waals surface area contributed by atoms with Gasteiger partial charge in [0.2, 0.25) is 0 Å². The summed E-state index contributed by atoms with van der Waals surface area (Å²) in [5.74, 6) is 2.29. The van der Waals surface area contributed by atoms with Crippen molar-refractivity contribution in [2.75, 3.05) is 0 Å². The zero-order valence-corrected chi connectivity index (χ0v) is 69.2. The third-order valence-corrected chi connectivity index (χ3v) is 25.5. The van der Waals surface area contributed by atoms with Crippen LogP contribution in [0, 0.1) is 20.8 Å². The van der Waals surface area contributed by atoms with E-state index in [4.69, 9.17) is 29.9 Å². The summed E-state index contributed by atoms with van der Waals surface area (Å²) >= 11 is 0. The lowest BCUT2D eigenvalue weighted by Crippen LogP contribution is -2.28. The number of aryl methyl sites for hydroxylation is 3. The lowest BCUT2D eigenvalue weighted by Gasteiger charge is -2.34. The summed E-state index contributed by atoms with van der Waals surface area (Å²) < 4.78 is 0. The van der Waals surface area contributed by atoms with E-state index in [9.17, 15) is 0 Å². The first-order valence-electron chi connectivity index (χ1n) is 42.7. The van der Waals surface area contributed by atoms with Crippen LogP contribution in [0.5, 0.6) is 0 Å². The van der Waals surface area contributed by atoms with Gasteiger partial charge in [0, 0.05) is 63.1 Å². The van der Waals surface area contributed by atoms with Crippen LogP contribution in [0.25, 0.3) is 168 Å². The number of hydrogen-bond donors (Lipinski definition) is 0. The molecular weight excluding hydrogens is 1520 g/mol. The van der Waals surface area contributed by atoms with Gasteiger partial charge in [-0.05, 0) is 232 Å². The summed E-state index contributed by atoms with van der Waals surface area (Å²) in [5.41, 5.74) is 38.6. The number of nitrogens with zero attached hydrogens (tertiary/aromatic N) is 7. The van der Waals surface area contributed by atoms with Gasteiger partial charge < -0.3 is 0 Å². The van der Waals surface area contributed by atoms with E-state index in [2.05, 4.69) is 431 Å². The molecule has 0 radical (unpaired) electrons. The molecule has 0 N–H and O–H groups in total. The van der Waals surface area contributed by atoms with Crippen molar-refractivity contribution in [1.82, 2.24) is 34.9 Å². The van der Waals surface area contributed by atoms with Crippen molar-refractivity contribution in [1.29, 1.82) is 0 Å². The summed E-state index contributed by atoms with van der Waals surface area (Å²) in [7, 11) is 0. The first-order valence-corrected chi connectivity index (χ1v) is 42.7. The number of pyridine rings is 2. The van der Waals surface area contributed by atoms with Crippen molar-refractivity contribution in [3.8, 4) is 168 Å². The molecule has 0 saturated heterocycles. The van der Waals surface area contributed by atoms with Gasteiger partial charge in [-0.2, -0.15) is 0 Å². The molecule has 2 aliphatic rings. The minimum Gasteiger partial charge on any atom is -0.264 e. The fourth-order valence-electron chi connectivity index (χ4n) is 19.6. The molecule has 16 aromatic carbocycles. The highest BCUT2D eigenvalue weighted by Gasteiger charge is 2.48. The lowest BCUT2D eigenvalue weighted by molar-refractivity contribution is 0.768. The number of hydrogen-bond acceptors (Lipinski definition) is 7. The highest BCUT2D eigenvalue weighted by atomic mass is 15.0. The molecule has 0 spiro atoms. The Kier molecular flexibility index (Phi) is 18.9. The highest BCUT2D eigenvalue weighted by molar-refractivity contribution is 5.93.